The van der Waals surface area contributed by atoms with Gasteiger partial charge >= 0.3 is 5.97 Å². The van der Waals surface area contributed by atoms with Gasteiger partial charge in [0.05, 0.1) is 12.7 Å². The Morgan fingerprint density at radius 3 is 2.27 bits per heavy atom. The van der Waals surface area contributed by atoms with Crippen molar-refractivity contribution in [3.05, 3.63) is 59.7 Å². The molecule has 0 radical (unpaired) electrons. The van der Waals surface area contributed by atoms with Crippen LogP contribution in [0.5, 0.6) is 11.5 Å². The van der Waals surface area contributed by atoms with Gasteiger partial charge < -0.3 is 14.6 Å². The lowest BCUT2D eigenvalue weighted by molar-refractivity contribution is 0.0734. The molecular weight excluding hydrogens is 280 g/mol. The Hall–Kier alpha value is -2.77. The van der Waals surface area contributed by atoms with Gasteiger partial charge in [0.25, 0.3) is 0 Å². The molecule has 0 aliphatic rings. The number of ether oxygens (including phenoxy) is 2. The molecule has 0 fully saturated rings. The fourth-order valence-corrected chi connectivity index (χ4v) is 1.87. The summed E-state index contributed by atoms with van der Waals surface area (Å²) >= 11 is 0. The zero-order valence-electron chi connectivity index (χ0n) is 12.2. The third kappa shape index (κ3) is 4.11. The molecule has 4 heteroatoms. The number of methoxy groups -OCH3 is 1. The molecule has 0 aliphatic carbocycles. The van der Waals surface area contributed by atoms with Gasteiger partial charge in [-0.05, 0) is 42.0 Å². The van der Waals surface area contributed by atoms with Crippen LogP contribution in [0.2, 0.25) is 0 Å². The summed E-state index contributed by atoms with van der Waals surface area (Å²) < 4.78 is 10.3. The summed E-state index contributed by atoms with van der Waals surface area (Å²) in [6.07, 6.45) is 4.65. The Morgan fingerprint density at radius 2 is 1.73 bits per heavy atom. The van der Waals surface area contributed by atoms with E-state index >= 15 is 0 Å². The maximum absolute atomic E-state index is 12.0. The fraction of sp³-hybridized carbons (Fsp3) is 0.167. The molecule has 0 saturated carbocycles. The van der Waals surface area contributed by atoms with Gasteiger partial charge in [0.1, 0.15) is 17.6 Å². The smallest absolute Gasteiger partial charge is 0.343 e. The lowest BCUT2D eigenvalue weighted by Crippen LogP contribution is -2.10. The average Bonchev–Trinajstić information content (AvgIpc) is 2.56. The summed E-state index contributed by atoms with van der Waals surface area (Å²) in [4.78, 5) is 12.0. The van der Waals surface area contributed by atoms with Gasteiger partial charge in [-0.15, -0.1) is 6.42 Å². The quantitative estimate of drug-likeness (QED) is 0.523. The van der Waals surface area contributed by atoms with Gasteiger partial charge in [0.2, 0.25) is 0 Å². The minimum atomic E-state index is -0.822. The molecule has 1 N–H and O–H groups in total. The van der Waals surface area contributed by atoms with Crippen molar-refractivity contribution in [1.82, 2.24) is 0 Å². The first-order valence-electron chi connectivity index (χ1n) is 6.71. The summed E-state index contributed by atoms with van der Waals surface area (Å²) in [7, 11) is 1.57. The topological polar surface area (TPSA) is 55.8 Å². The normalized spacial score (nSPS) is 11.3. The highest BCUT2D eigenvalue weighted by Gasteiger charge is 2.09. The predicted octanol–water partition coefficient (Wildman–Crippen LogP) is 2.45. The van der Waals surface area contributed by atoms with Crippen molar-refractivity contribution >= 4 is 5.97 Å². The predicted molar refractivity (Wildman–Crippen MR) is 82.9 cm³/mol. The van der Waals surface area contributed by atoms with Gasteiger partial charge in [-0.1, -0.05) is 18.1 Å². The molecule has 0 aliphatic heterocycles. The number of carbonyl (C=O) groups excluding carboxylic acids is 1. The third-order valence-electron chi connectivity index (χ3n) is 3.08. The van der Waals surface area contributed by atoms with Crippen molar-refractivity contribution in [3.63, 3.8) is 0 Å². The van der Waals surface area contributed by atoms with Crippen LogP contribution in [0.3, 0.4) is 0 Å². The van der Waals surface area contributed by atoms with Gasteiger partial charge in [-0.3, -0.25) is 0 Å². The van der Waals surface area contributed by atoms with Crippen LogP contribution >= 0.6 is 0 Å². The maximum atomic E-state index is 12.0. The van der Waals surface area contributed by atoms with E-state index in [2.05, 4.69) is 5.92 Å². The van der Waals surface area contributed by atoms with Crippen LogP contribution in [0.15, 0.2) is 48.5 Å². The maximum Gasteiger partial charge on any atom is 0.343 e. The van der Waals surface area contributed by atoms with Crippen LogP contribution < -0.4 is 9.47 Å². The molecule has 0 spiro atoms. The van der Waals surface area contributed by atoms with Crippen molar-refractivity contribution < 1.29 is 19.4 Å². The average molecular weight is 296 g/mol. The van der Waals surface area contributed by atoms with Crippen molar-refractivity contribution in [2.45, 2.75) is 12.5 Å². The summed E-state index contributed by atoms with van der Waals surface area (Å²) in [6, 6.07) is 13.5. The number of rotatable bonds is 5. The number of aliphatic hydroxyl groups is 1. The van der Waals surface area contributed by atoms with E-state index in [1.807, 2.05) is 0 Å². The summed E-state index contributed by atoms with van der Waals surface area (Å²) in [6.45, 7) is 0. The molecule has 4 nitrogen and oxygen atoms in total. The third-order valence-corrected chi connectivity index (χ3v) is 3.08. The molecule has 0 heterocycles. The molecule has 0 bridgehead atoms. The minimum Gasteiger partial charge on any atom is -0.497 e. The fourth-order valence-electron chi connectivity index (χ4n) is 1.87. The molecule has 1 unspecified atom stereocenters. The minimum absolute atomic E-state index is 0.351. The lowest BCUT2D eigenvalue weighted by Gasteiger charge is -2.07. The molecule has 2 rings (SSSR count). The zero-order valence-corrected chi connectivity index (χ0v) is 12.2. The van der Waals surface area contributed by atoms with E-state index < -0.39 is 12.1 Å². The number of hydrogen-bond acceptors (Lipinski definition) is 4. The van der Waals surface area contributed by atoms with E-state index in [9.17, 15) is 9.90 Å². The molecule has 2 aromatic rings. The number of aliphatic hydroxyl groups excluding tert-OH is 1. The van der Waals surface area contributed by atoms with Crippen LogP contribution in [0.1, 0.15) is 15.9 Å². The first kappa shape index (κ1) is 15.6. The summed E-state index contributed by atoms with van der Waals surface area (Å²) in [5.74, 6) is 2.93. The highest BCUT2D eigenvalue weighted by molar-refractivity contribution is 5.91. The van der Waals surface area contributed by atoms with E-state index in [4.69, 9.17) is 15.9 Å². The molecule has 1 atom stereocenters. The molecule has 2 aromatic carbocycles. The molecule has 0 aromatic heterocycles. The summed E-state index contributed by atoms with van der Waals surface area (Å²) in [5, 5.41) is 9.39. The Bertz CT molecular complexity index is 666. The SMILES string of the molecule is C#CC(O)Cc1ccc(C(=O)Oc2ccc(OC)cc2)cc1. The Labute approximate surface area is 129 Å². The largest absolute Gasteiger partial charge is 0.497 e. The summed E-state index contributed by atoms with van der Waals surface area (Å²) in [5.41, 5.74) is 1.28. The van der Waals surface area contributed by atoms with E-state index in [0.29, 0.717) is 23.5 Å². The number of terminal acetylenes is 1. The van der Waals surface area contributed by atoms with Crippen LogP contribution in [0, 0.1) is 12.3 Å². The van der Waals surface area contributed by atoms with Crippen LogP contribution in [-0.4, -0.2) is 24.3 Å². The van der Waals surface area contributed by atoms with Crippen molar-refractivity contribution in [2.24, 2.45) is 0 Å². The Morgan fingerprint density at radius 1 is 1.14 bits per heavy atom. The highest BCUT2D eigenvalue weighted by atomic mass is 16.5. The Kier molecular flexibility index (Phi) is 5.18. The van der Waals surface area contributed by atoms with E-state index in [1.165, 1.54) is 0 Å². The Balaban J connectivity index is 2.01. The van der Waals surface area contributed by atoms with Crippen molar-refractivity contribution in [1.29, 1.82) is 0 Å². The number of esters is 1. The molecule has 22 heavy (non-hydrogen) atoms. The standard InChI is InChI=1S/C18H16O4/c1-3-15(19)12-13-4-6-14(7-5-13)18(20)22-17-10-8-16(21-2)9-11-17/h1,4-11,15,19H,12H2,2H3. The second-order valence-corrected chi connectivity index (χ2v) is 4.65. The molecule has 0 amide bonds. The van der Waals surface area contributed by atoms with E-state index in [-0.39, 0.29) is 0 Å². The van der Waals surface area contributed by atoms with Crippen molar-refractivity contribution in [2.75, 3.05) is 7.11 Å². The monoisotopic (exact) mass is 296 g/mol. The first-order valence-corrected chi connectivity index (χ1v) is 6.71. The molecular formula is C18H16O4. The number of hydrogen-bond donors (Lipinski definition) is 1. The molecule has 112 valence electrons. The van der Waals surface area contributed by atoms with Gasteiger partial charge in [0.15, 0.2) is 0 Å². The first-order chi connectivity index (χ1) is 10.6. The van der Waals surface area contributed by atoms with Gasteiger partial charge in [-0.2, -0.15) is 0 Å². The highest BCUT2D eigenvalue weighted by Crippen LogP contribution is 2.18. The second-order valence-electron chi connectivity index (χ2n) is 4.65. The van der Waals surface area contributed by atoms with Gasteiger partial charge in [-0.25, -0.2) is 4.79 Å². The van der Waals surface area contributed by atoms with Crippen LogP contribution in [0.4, 0.5) is 0 Å². The van der Waals surface area contributed by atoms with Crippen molar-refractivity contribution in [3.8, 4) is 23.8 Å². The zero-order chi connectivity index (χ0) is 15.9. The van der Waals surface area contributed by atoms with Crippen LogP contribution in [-0.2, 0) is 6.42 Å². The van der Waals surface area contributed by atoms with Gasteiger partial charge in [0, 0.05) is 6.42 Å². The molecule has 0 saturated heterocycles. The number of carbonyl (C=O) groups is 1. The lowest BCUT2D eigenvalue weighted by atomic mass is 10.1. The number of benzene rings is 2. The van der Waals surface area contributed by atoms with E-state index in [1.54, 1.807) is 55.6 Å². The second kappa shape index (κ2) is 7.30. The van der Waals surface area contributed by atoms with Crippen LogP contribution in [0.25, 0.3) is 0 Å². The van der Waals surface area contributed by atoms with E-state index in [0.717, 1.165) is 5.56 Å².